The lowest BCUT2D eigenvalue weighted by molar-refractivity contribution is 0.0396. The molecule has 2 aliphatic rings. The van der Waals surface area contributed by atoms with Gasteiger partial charge in [-0.1, -0.05) is 13.8 Å². The molecule has 0 amide bonds. The van der Waals surface area contributed by atoms with Crippen LogP contribution in [0.25, 0.3) is 0 Å². The Bertz CT molecular complexity index is 277. The largest absolute Gasteiger partial charge is 0.395 e. The Kier molecular flexibility index (Phi) is 7.40. The molecular formula is C16H34N4O. The predicted octanol–water partition coefficient (Wildman–Crippen LogP) is -0.0838. The number of piperidine rings is 1. The van der Waals surface area contributed by atoms with Crippen LogP contribution < -0.4 is 5.32 Å². The maximum Gasteiger partial charge on any atom is 0.0558 e. The van der Waals surface area contributed by atoms with E-state index in [-0.39, 0.29) is 6.61 Å². The number of nitrogens with zero attached hydrogens (tertiary/aromatic N) is 3. The second kappa shape index (κ2) is 9.06. The van der Waals surface area contributed by atoms with E-state index < -0.39 is 0 Å². The zero-order chi connectivity index (χ0) is 15.1. The normalized spacial score (nSPS) is 29.1. The SMILES string of the molecule is CCN(CC)CC1CCNCC1N1CCN(CCO)CC1. The predicted molar refractivity (Wildman–Crippen MR) is 87.7 cm³/mol. The molecule has 0 saturated carbocycles. The van der Waals surface area contributed by atoms with Crippen LogP contribution in [-0.2, 0) is 0 Å². The smallest absolute Gasteiger partial charge is 0.0558 e. The molecule has 124 valence electrons. The van der Waals surface area contributed by atoms with Gasteiger partial charge in [0.25, 0.3) is 0 Å². The van der Waals surface area contributed by atoms with Gasteiger partial charge in [-0.2, -0.15) is 0 Å². The standard InChI is InChI=1S/C16H34N4O/c1-3-18(4-2)14-15-5-6-17-13-16(15)20-9-7-19(8-10-20)11-12-21/h15-17,21H,3-14H2,1-2H3. The van der Waals surface area contributed by atoms with Crippen molar-refractivity contribution in [2.75, 3.05) is 72.1 Å². The topological polar surface area (TPSA) is 42.0 Å². The fourth-order valence-corrected chi connectivity index (χ4v) is 3.81. The fraction of sp³-hybridized carbons (Fsp3) is 1.00. The van der Waals surface area contributed by atoms with Crippen molar-refractivity contribution in [1.29, 1.82) is 0 Å². The number of aliphatic hydroxyl groups is 1. The van der Waals surface area contributed by atoms with E-state index in [9.17, 15) is 0 Å². The first-order valence-electron chi connectivity index (χ1n) is 8.78. The van der Waals surface area contributed by atoms with Crippen LogP contribution in [0, 0.1) is 5.92 Å². The first kappa shape index (κ1) is 17.2. The van der Waals surface area contributed by atoms with E-state index in [1.165, 1.54) is 19.5 Å². The van der Waals surface area contributed by atoms with Gasteiger partial charge in [0.15, 0.2) is 0 Å². The molecule has 0 aromatic heterocycles. The number of aliphatic hydroxyl groups excluding tert-OH is 1. The number of nitrogens with one attached hydrogen (secondary N) is 1. The summed E-state index contributed by atoms with van der Waals surface area (Å²) in [6, 6.07) is 0.690. The molecule has 2 aliphatic heterocycles. The third-order valence-electron chi connectivity index (χ3n) is 5.27. The van der Waals surface area contributed by atoms with Crippen molar-refractivity contribution in [3.63, 3.8) is 0 Å². The summed E-state index contributed by atoms with van der Waals surface area (Å²) < 4.78 is 0. The number of rotatable bonds is 7. The van der Waals surface area contributed by atoms with E-state index in [0.717, 1.165) is 58.3 Å². The van der Waals surface area contributed by atoms with Gasteiger partial charge in [-0.25, -0.2) is 0 Å². The highest BCUT2D eigenvalue weighted by molar-refractivity contribution is 4.89. The van der Waals surface area contributed by atoms with Crippen molar-refractivity contribution in [3.8, 4) is 0 Å². The van der Waals surface area contributed by atoms with Gasteiger partial charge in [0, 0.05) is 51.9 Å². The summed E-state index contributed by atoms with van der Waals surface area (Å²) in [7, 11) is 0. The first-order chi connectivity index (χ1) is 10.3. The Balaban J connectivity index is 1.87. The van der Waals surface area contributed by atoms with Gasteiger partial charge in [-0.3, -0.25) is 9.80 Å². The molecule has 21 heavy (non-hydrogen) atoms. The van der Waals surface area contributed by atoms with Crippen LogP contribution in [0.4, 0.5) is 0 Å². The molecule has 0 radical (unpaired) electrons. The quantitative estimate of drug-likeness (QED) is 0.688. The summed E-state index contributed by atoms with van der Waals surface area (Å²) in [6.45, 7) is 16.1. The zero-order valence-corrected chi connectivity index (χ0v) is 13.9. The molecule has 2 N–H and O–H groups in total. The Morgan fingerprint density at radius 2 is 1.86 bits per heavy atom. The van der Waals surface area contributed by atoms with Crippen LogP contribution in [0.2, 0.25) is 0 Å². The lowest BCUT2D eigenvalue weighted by Crippen LogP contribution is -2.59. The van der Waals surface area contributed by atoms with Gasteiger partial charge in [0.05, 0.1) is 6.61 Å². The van der Waals surface area contributed by atoms with E-state index in [2.05, 4.69) is 33.9 Å². The minimum Gasteiger partial charge on any atom is -0.395 e. The second-order valence-electron chi connectivity index (χ2n) is 6.41. The average Bonchev–Trinajstić information content (AvgIpc) is 2.54. The summed E-state index contributed by atoms with van der Waals surface area (Å²) in [5, 5.41) is 12.7. The minimum atomic E-state index is 0.287. The third-order valence-corrected chi connectivity index (χ3v) is 5.27. The van der Waals surface area contributed by atoms with E-state index in [4.69, 9.17) is 5.11 Å². The minimum absolute atomic E-state index is 0.287. The molecule has 2 unspecified atom stereocenters. The van der Waals surface area contributed by atoms with Crippen LogP contribution in [0.5, 0.6) is 0 Å². The Labute approximate surface area is 130 Å². The lowest BCUT2D eigenvalue weighted by atomic mass is 9.90. The van der Waals surface area contributed by atoms with Crippen molar-refractivity contribution >= 4 is 0 Å². The molecule has 0 bridgehead atoms. The maximum absolute atomic E-state index is 9.06. The van der Waals surface area contributed by atoms with Crippen LogP contribution in [-0.4, -0.2) is 97.9 Å². The molecule has 2 atom stereocenters. The Morgan fingerprint density at radius 1 is 1.14 bits per heavy atom. The summed E-state index contributed by atoms with van der Waals surface area (Å²) in [4.78, 5) is 7.64. The first-order valence-corrected chi connectivity index (χ1v) is 8.78. The highest BCUT2D eigenvalue weighted by Crippen LogP contribution is 2.21. The van der Waals surface area contributed by atoms with Crippen molar-refractivity contribution in [1.82, 2.24) is 20.0 Å². The van der Waals surface area contributed by atoms with Crippen LogP contribution in [0.15, 0.2) is 0 Å². The molecule has 0 spiro atoms. The second-order valence-corrected chi connectivity index (χ2v) is 6.41. The van der Waals surface area contributed by atoms with Crippen LogP contribution in [0.1, 0.15) is 20.3 Å². The maximum atomic E-state index is 9.06. The van der Waals surface area contributed by atoms with Crippen molar-refractivity contribution < 1.29 is 5.11 Å². The van der Waals surface area contributed by atoms with E-state index in [1.54, 1.807) is 0 Å². The lowest BCUT2D eigenvalue weighted by Gasteiger charge is -2.45. The van der Waals surface area contributed by atoms with E-state index in [1.807, 2.05) is 0 Å². The van der Waals surface area contributed by atoms with E-state index >= 15 is 0 Å². The zero-order valence-electron chi connectivity index (χ0n) is 13.9. The summed E-state index contributed by atoms with van der Waals surface area (Å²) >= 11 is 0. The number of hydrogen-bond acceptors (Lipinski definition) is 5. The van der Waals surface area contributed by atoms with Crippen molar-refractivity contribution in [2.45, 2.75) is 26.3 Å². The van der Waals surface area contributed by atoms with Gasteiger partial charge >= 0.3 is 0 Å². The Hall–Kier alpha value is -0.200. The molecule has 0 aliphatic carbocycles. The van der Waals surface area contributed by atoms with Gasteiger partial charge < -0.3 is 15.3 Å². The van der Waals surface area contributed by atoms with E-state index in [0.29, 0.717) is 6.04 Å². The number of β-amino-alcohol motifs (C(OH)–C–C–N with tert-alkyl or cyclic N) is 1. The summed E-state index contributed by atoms with van der Waals surface area (Å²) in [5.74, 6) is 0.801. The molecular weight excluding hydrogens is 264 g/mol. The molecule has 0 aromatic rings. The summed E-state index contributed by atoms with van der Waals surface area (Å²) in [5.41, 5.74) is 0. The van der Waals surface area contributed by atoms with Gasteiger partial charge in [0.2, 0.25) is 0 Å². The highest BCUT2D eigenvalue weighted by Gasteiger charge is 2.32. The molecule has 5 heteroatoms. The van der Waals surface area contributed by atoms with Crippen molar-refractivity contribution in [3.05, 3.63) is 0 Å². The summed E-state index contributed by atoms with van der Waals surface area (Å²) in [6.07, 6.45) is 1.30. The number of hydrogen-bond donors (Lipinski definition) is 2. The van der Waals surface area contributed by atoms with Crippen molar-refractivity contribution in [2.24, 2.45) is 5.92 Å². The molecule has 0 aromatic carbocycles. The van der Waals surface area contributed by atoms with Gasteiger partial charge in [-0.15, -0.1) is 0 Å². The average molecular weight is 298 g/mol. The molecule has 2 heterocycles. The molecule has 2 rings (SSSR count). The Morgan fingerprint density at radius 3 is 2.48 bits per heavy atom. The molecule has 2 saturated heterocycles. The fourth-order valence-electron chi connectivity index (χ4n) is 3.81. The highest BCUT2D eigenvalue weighted by atomic mass is 16.3. The van der Waals surface area contributed by atoms with Gasteiger partial charge in [0.1, 0.15) is 0 Å². The molecule has 2 fully saturated rings. The van der Waals surface area contributed by atoms with Crippen LogP contribution in [0.3, 0.4) is 0 Å². The third kappa shape index (κ3) is 4.89. The molecule has 5 nitrogen and oxygen atoms in total. The van der Waals surface area contributed by atoms with Gasteiger partial charge in [-0.05, 0) is 32.0 Å². The monoisotopic (exact) mass is 298 g/mol. The van der Waals surface area contributed by atoms with Crippen LogP contribution >= 0.6 is 0 Å². The number of piperazine rings is 1.